The Morgan fingerprint density at radius 3 is 2.31 bits per heavy atom. The van der Waals surface area contributed by atoms with Crippen molar-refractivity contribution in [3.63, 3.8) is 0 Å². The first-order valence-corrected chi connectivity index (χ1v) is 4.93. The molecule has 0 atom stereocenters. The van der Waals surface area contributed by atoms with E-state index in [2.05, 4.69) is 5.32 Å². The molecular formula is C11H15FN2O2. The lowest BCUT2D eigenvalue weighted by atomic mass is 9.86. The zero-order valence-corrected chi connectivity index (χ0v) is 9.80. The minimum absolute atomic E-state index is 0.0713. The van der Waals surface area contributed by atoms with Gasteiger partial charge in [0.2, 0.25) is 0 Å². The highest BCUT2D eigenvalue weighted by Crippen LogP contribution is 2.33. The van der Waals surface area contributed by atoms with E-state index in [4.69, 9.17) is 0 Å². The lowest BCUT2D eigenvalue weighted by Crippen LogP contribution is -2.13. The zero-order chi connectivity index (χ0) is 12.5. The molecule has 0 bridgehead atoms. The maximum atomic E-state index is 13.6. The van der Waals surface area contributed by atoms with Crippen LogP contribution in [0.25, 0.3) is 0 Å². The van der Waals surface area contributed by atoms with Gasteiger partial charge in [-0.3, -0.25) is 10.1 Å². The Morgan fingerprint density at radius 2 is 1.94 bits per heavy atom. The second kappa shape index (κ2) is 4.08. The number of hydrogen-bond acceptors (Lipinski definition) is 3. The minimum Gasteiger partial charge on any atom is -0.380 e. The van der Waals surface area contributed by atoms with Crippen molar-refractivity contribution in [1.82, 2.24) is 0 Å². The summed E-state index contributed by atoms with van der Waals surface area (Å²) in [6, 6.07) is 2.74. The van der Waals surface area contributed by atoms with Crippen LogP contribution >= 0.6 is 0 Å². The number of nitrogens with zero attached hydrogens (tertiary/aromatic N) is 1. The summed E-state index contributed by atoms with van der Waals surface area (Å²) in [6.07, 6.45) is 0. The Bertz CT molecular complexity index is 425. The van der Waals surface area contributed by atoms with Gasteiger partial charge in [0.1, 0.15) is 5.69 Å². The smallest absolute Gasteiger partial charge is 0.295 e. The van der Waals surface area contributed by atoms with E-state index in [-0.39, 0.29) is 16.8 Å². The van der Waals surface area contributed by atoms with Crippen LogP contribution in [0, 0.1) is 15.9 Å². The molecule has 0 aliphatic carbocycles. The van der Waals surface area contributed by atoms with Crippen LogP contribution in [-0.2, 0) is 5.41 Å². The van der Waals surface area contributed by atoms with Crippen molar-refractivity contribution >= 4 is 11.4 Å². The molecule has 0 saturated heterocycles. The third-order valence-electron chi connectivity index (χ3n) is 2.38. The zero-order valence-electron chi connectivity index (χ0n) is 9.80. The third-order valence-corrected chi connectivity index (χ3v) is 2.38. The van der Waals surface area contributed by atoms with Gasteiger partial charge in [-0.15, -0.1) is 0 Å². The molecule has 0 unspecified atom stereocenters. The number of nitro benzene ring substituents is 1. The summed E-state index contributed by atoms with van der Waals surface area (Å²) in [6.45, 7) is 5.64. The Balaban J connectivity index is 3.46. The molecule has 0 aromatic heterocycles. The van der Waals surface area contributed by atoms with Crippen molar-refractivity contribution in [2.24, 2.45) is 0 Å². The summed E-state index contributed by atoms with van der Waals surface area (Å²) in [5.41, 5.74) is -0.0150. The van der Waals surface area contributed by atoms with E-state index in [1.54, 1.807) is 0 Å². The number of benzene rings is 1. The molecule has 0 spiro atoms. The molecule has 16 heavy (non-hydrogen) atoms. The second-order valence-corrected chi connectivity index (χ2v) is 4.61. The highest BCUT2D eigenvalue weighted by atomic mass is 19.1. The van der Waals surface area contributed by atoms with Crippen molar-refractivity contribution in [2.75, 3.05) is 12.4 Å². The summed E-state index contributed by atoms with van der Waals surface area (Å²) in [4.78, 5) is 10.2. The van der Waals surface area contributed by atoms with Crippen LogP contribution in [-0.4, -0.2) is 12.0 Å². The second-order valence-electron chi connectivity index (χ2n) is 4.61. The lowest BCUT2D eigenvalue weighted by molar-refractivity contribution is -0.384. The van der Waals surface area contributed by atoms with Gasteiger partial charge in [-0.25, -0.2) is 4.39 Å². The summed E-state index contributed by atoms with van der Waals surface area (Å²) >= 11 is 0. The van der Waals surface area contributed by atoms with E-state index in [1.807, 2.05) is 20.8 Å². The number of hydrogen-bond donors (Lipinski definition) is 1. The fraction of sp³-hybridized carbons (Fsp3) is 0.455. The van der Waals surface area contributed by atoms with Crippen LogP contribution in [0.4, 0.5) is 15.8 Å². The predicted molar refractivity (Wildman–Crippen MR) is 61.3 cm³/mol. The monoisotopic (exact) mass is 226 g/mol. The van der Waals surface area contributed by atoms with Gasteiger partial charge in [0.25, 0.3) is 5.69 Å². The van der Waals surface area contributed by atoms with E-state index in [0.717, 1.165) is 0 Å². The molecule has 1 aromatic carbocycles. The van der Waals surface area contributed by atoms with E-state index in [1.165, 1.54) is 19.2 Å². The maximum absolute atomic E-state index is 13.6. The molecule has 0 saturated carbocycles. The number of nitrogens with one attached hydrogen (secondary N) is 1. The van der Waals surface area contributed by atoms with Gasteiger partial charge in [-0.05, 0) is 17.0 Å². The lowest BCUT2D eigenvalue weighted by Gasteiger charge is -2.19. The molecule has 5 heteroatoms. The van der Waals surface area contributed by atoms with E-state index in [0.29, 0.717) is 5.56 Å². The van der Waals surface area contributed by atoms with Gasteiger partial charge in [-0.1, -0.05) is 20.8 Å². The third kappa shape index (κ3) is 2.29. The molecule has 0 fully saturated rings. The van der Waals surface area contributed by atoms with Crippen molar-refractivity contribution in [1.29, 1.82) is 0 Å². The van der Waals surface area contributed by atoms with E-state index >= 15 is 0 Å². The maximum Gasteiger partial charge on any atom is 0.295 e. The standard InChI is InChI=1S/C11H15FN2O2/c1-11(2,3)7-5-8(12)10(13-4)9(6-7)14(15)16/h5-6,13H,1-4H3. The van der Waals surface area contributed by atoms with Gasteiger partial charge >= 0.3 is 0 Å². The van der Waals surface area contributed by atoms with Crippen LogP contribution in [0.1, 0.15) is 26.3 Å². The molecule has 1 aromatic rings. The van der Waals surface area contributed by atoms with E-state index in [9.17, 15) is 14.5 Å². The van der Waals surface area contributed by atoms with Crippen LogP contribution in [0.15, 0.2) is 12.1 Å². The molecule has 0 heterocycles. The molecule has 1 rings (SSSR count). The molecule has 0 aliphatic rings. The van der Waals surface area contributed by atoms with Crippen molar-refractivity contribution in [3.05, 3.63) is 33.6 Å². The average molecular weight is 226 g/mol. The van der Waals surface area contributed by atoms with Gasteiger partial charge in [-0.2, -0.15) is 0 Å². The predicted octanol–water partition coefficient (Wildman–Crippen LogP) is 3.07. The number of nitro groups is 1. The van der Waals surface area contributed by atoms with Crippen LogP contribution in [0.5, 0.6) is 0 Å². The Labute approximate surface area is 93.6 Å². The topological polar surface area (TPSA) is 55.2 Å². The number of anilines is 1. The fourth-order valence-corrected chi connectivity index (χ4v) is 1.42. The average Bonchev–Trinajstić information content (AvgIpc) is 2.14. The van der Waals surface area contributed by atoms with Crippen LogP contribution in [0.2, 0.25) is 0 Å². The van der Waals surface area contributed by atoms with Gasteiger partial charge in [0, 0.05) is 13.1 Å². The highest BCUT2D eigenvalue weighted by Gasteiger charge is 2.23. The molecule has 1 N–H and O–H groups in total. The van der Waals surface area contributed by atoms with Gasteiger partial charge in [0.15, 0.2) is 5.82 Å². The molecule has 0 radical (unpaired) electrons. The number of halogens is 1. The Kier molecular flexibility index (Phi) is 3.16. The minimum atomic E-state index is -0.596. The summed E-state index contributed by atoms with van der Waals surface area (Å²) in [7, 11) is 1.46. The molecular weight excluding hydrogens is 211 g/mol. The largest absolute Gasteiger partial charge is 0.380 e. The molecule has 0 amide bonds. The number of rotatable bonds is 2. The first-order chi connectivity index (χ1) is 7.27. The molecule has 0 aliphatic heterocycles. The highest BCUT2D eigenvalue weighted by molar-refractivity contribution is 5.63. The van der Waals surface area contributed by atoms with Crippen molar-refractivity contribution in [3.8, 4) is 0 Å². The van der Waals surface area contributed by atoms with Crippen molar-refractivity contribution in [2.45, 2.75) is 26.2 Å². The summed E-state index contributed by atoms with van der Waals surface area (Å²) in [5, 5.41) is 13.3. The molecule has 88 valence electrons. The van der Waals surface area contributed by atoms with Gasteiger partial charge < -0.3 is 5.32 Å². The van der Waals surface area contributed by atoms with Gasteiger partial charge in [0.05, 0.1) is 4.92 Å². The first kappa shape index (κ1) is 12.4. The Morgan fingerprint density at radius 1 is 1.38 bits per heavy atom. The summed E-state index contributed by atoms with van der Waals surface area (Å²) < 4.78 is 13.6. The quantitative estimate of drug-likeness (QED) is 0.622. The van der Waals surface area contributed by atoms with Crippen LogP contribution in [0.3, 0.4) is 0 Å². The Hall–Kier alpha value is -1.65. The fourth-order valence-electron chi connectivity index (χ4n) is 1.42. The molecule has 4 nitrogen and oxygen atoms in total. The SMILES string of the molecule is CNc1c(F)cc(C(C)(C)C)cc1[N+](=O)[O-]. The van der Waals surface area contributed by atoms with Crippen LogP contribution < -0.4 is 5.32 Å². The van der Waals surface area contributed by atoms with E-state index < -0.39 is 10.7 Å². The van der Waals surface area contributed by atoms with Crippen molar-refractivity contribution < 1.29 is 9.31 Å². The summed E-state index contributed by atoms with van der Waals surface area (Å²) in [5.74, 6) is -0.596. The first-order valence-electron chi connectivity index (χ1n) is 4.93. The normalized spacial score (nSPS) is 11.3.